The molecule has 1 heterocycles. The molecule has 0 aliphatic carbocycles. The number of hydrogen-bond donors (Lipinski definition) is 0. The van der Waals surface area contributed by atoms with E-state index in [-0.39, 0.29) is 6.61 Å². The Morgan fingerprint density at radius 1 is 0.963 bits per heavy atom. The lowest BCUT2D eigenvalue weighted by Gasteiger charge is -2.04. The van der Waals surface area contributed by atoms with Gasteiger partial charge in [0.2, 0.25) is 5.89 Å². The Morgan fingerprint density at radius 3 is 2.44 bits per heavy atom. The second kappa shape index (κ2) is 7.43. The number of esters is 1. The lowest BCUT2D eigenvalue weighted by molar-refractivity contribution is 0.0473. The van der Waals surface area contributed by atoms with Crippen molar-refractivity contribution < 1.29 is 13.9 Å². The molecule has 3 aromatic carbocycles. The Bertz CT molecular complexity index is 1100. The average molecular weight is 398 g/mol. The number of aromatic nitrogens is 1. The molecule has 0 radical (unpaired) electrons. The summed E-state index contributed by atoms with van der Waals surface area (Å²) < 4.78 is 11.1. The standard InChI is InChI=1S/C21H13Cl2NO3/c22-16-8-15(9-17(23)11-16)20-24-18-7-6-14(10-19(18)27-20)21(25)26-12-13-4-2-1-3-5-13/h1-11H,12H2. The number of benzene rings is 3. The first-order chi connectivity index (χ1) is 13.1. The van der Waals surface area contributed by atoms with Crippen LogP contribution in [-0.4, -0.2) is 11.0 Å². The van der Waals surface area contributed by atoms with Crippen LogP contribution in [-0.2, 0) is 11.3 Å². The van der Waals surface area contributed by atoms with Gasteiger partial charge in [0, 0.05) is 15.6 Å². The maximum Gasteiger partial charge on any atom is 0.338 e. The quantitative estimate of drug-likeness (QED) is 0.387. The summed E-state index contributed by atoms with van der Waals surface area (Å²) in [5, 5.41) is 0.981. The predicted octanol–water partition coefficient (Wildman–Crippen LogP) is 6.16. The maximum absolute atomic E-state index is 12.3. The number of nitrogens with zero attached hydrogens (tertiary/aromatic N) is 1. The summed E-state index contributed by atoms with van der Waals surface area (Å²) in [6.45, 7) is 0.209. The average Bonchev–Trinajstić information content (AvgIpc) is 3.09. The van der Waals surface area contributed by atoms with Gasteiger partial charge in [-0.15, -0.1) is 0 Å². The summed E-state index contributed by atoms with van der Waals surface area (Å²) in [6, 6.07) is 19.6. The Morgan fingerprint density at radius 2 is 1.70 bits per heavy atom. The number of carbonyl (C=O) groups is 1. The van der Waals surface area contributed by atoms with Crippen LogP contribution in [0.15, 0.2) is 71.1 Å². The molecule has 0 bridgehead atoms. The SMILES string of the molecule is O=C(OCc1ccccc1)c1ccc2nc(-c3cc(Cl)cc(Cl)c3)oc2c1. The molecule has 0 N–H and O–H groups in total. The summed E-state index contributed by atoms with van der Waals surface area (Å²) in [5.74, 6) is -0.0475. The molecule has 4 nitrogen and oxygen atoms in total. The molecular formula is C21H13Cl2NO3. The largest absolute Gasteiger partial charge is 0.457 e. The molecule has 6 heteroatoms. The number of halogens is 2. The maximum atomic E-state index is 12.3. The fourth-order valence-electron chi connectivity index (χ4n) is 2.66. The van der Waals surface area contributed by atoms with Crippen LogP contribution in [0.3, 0.4) is 0 Å². The zero-order chi connectivity index (χ0) is 18.8. The van der Waals surface area contributed by atoms with Gasteiger partial charge in [-0.3, -0.25) is 0 Å². The van der Waals surface area contributed by atoms with Crippen LogP contribution in [0.25, 0.3) is 22.6 Å². The molecule has 0 atom stereocenters. The van der Waals surface area contributed by atoms with E-state index in [0.29, 0.717) is 38.2 Å². The van der Waals surface area contributed by atoms with Crippen LogP contribution in [0.5, 0.6) is 0 Å². The van der Waals surface area contributed by atoms with E-state index in [1.807, 2.05) is 30.3 Å². The Hall–Kier alpha value is -2.82. The molecule has 4 aromatic rings. The van der Waals surface area contributed by atoms with Crippen LogP contribution in [0, 0.1) is 0 Å². The molecule has 0 unspecified atom stereocenters. The zero-order valence-electron chi connectivity index (χ0n) is 14.0. The molecule has 0 aliphatic heterocycles. The van der Waals surface area contributed by atoms with Crippen molar-refractivity contribution in [3.8, 4) is 11.5 Å². The van der Waals surface area contributed by atoms with E-state index in [1.165, 1.54) is 0 Å². The van der Waals surface area contributed by atoms with Crippen molar-refractivity contribution in [3.05, 3.63) is 87.9 Å². The normalized spacial score (nSPS) is 10.9. The monoisotopic (exact) mass is 397 g/mol. The summed E-state index contributed by atoms with van der Waals surface area (Å²) in [7, 11) is 0. The number of rotatable bonds is 4. The molecule has 0 saturated heterocycles. The molecule has 1 aromatic heterocycles. The topological polar surface area (TPSA) is 52.3 Å². The van der Waals surface area contributed by atoms with Gasteiger partial charge < -0.3 is 9.15 Å². The highest BCUT2D eigenvalue weighted by molar-refractivity contribution is 6.35. The summed E-state index contributed by atoms with van der Waals surface area (Å²) >= 11 is 12.1. The van der Waals surface area contributed by atoms with Crippen molar-refractivity contribution in [1.82, 2.24) is 4.98 Å². The first kappa shape index (κ1) is 17.6. The molecule has 4 rings (SSSR count). The molecular weight excluding hydrogens is 385 g/mol. The van der Waals surface area contributed by atoms with E-state index >= 15 is 0 Å². The van der Waals surface area contributed by atoms with Crippen molar-refractivity contribution in [2.24, 2.45) is 0 Å². The third-order valence-electron chi connectivity index (χ3n) is 3.95. The van der Waals surface area contributed by atoms with Gasteiger partial charge in [-0.05, 0) is 42.0 Å². The predicted molar refractivity (Wildman–Crippen MR) is 105 cm³/mol. The highest BCUT2D eigenvalue weighted by Crippen LogP contribution is 2.29. The summed E-state index contributed by atoms with van der Waals surface area (Å²) in [4.78, 5) is 16.7. The first-order valence-corrected chi connectivity index (χ1v) is 8.92. The fourth-order valence-corrected chi connectivity index (χ4v) is 3.18. The van der Waals surface area contributed by atoms with Crippen molar-refractivity contribution in [2.75, 3.05) is 0 Å². The molecule has 0 spiro atoms. The van der Waals surface area contributed by atoms with Crippen LogP contribution < -0.4 is 0 Å². The van der Waals surface area contributed by atoms with Crippen LogP contribution in [0.1, 0.15) is 15.9 Å². The van der Waals surface area contributed by atoms with Crippen LogP contribution in [0.4, 0.5) is 0 Å². The van der Waals surface area contributed by atoms with E-state index < -0.39 is 5.97 Å². The molecule has 0 fully saturated rings. The molecule has 0 aliphatic rings. The van der Waals surface area contributed by atoms with Crippen molar-refractivity contribution >= 4 is 40.3 Å². The molecule has 27 heavy (non-hydrogen) atoms. The summed E-state index contributed by atoms with van der Waals surface area (Å²) in [6.07, 6.45) is 0. The zero-order valence-corrected chi connectivity index (χ0v) is 15.5. The van der Waals surface area contributed by atoms with Gasteiger partial charge in [0.05, 0.1) is 5.56 Å². The third-order valence-corrected chi connectivity index (χ3v) is 4.38. The molecule has 0 saturated carbocycles. The van der Waals surface area contributed by atoms with Gasteiger partial charge >= 0.3 is 5.97 Å². The number of hydrogen-bond acceptors (Lipinski definition) is 4. The number of fused-ring (bicyclic) bond motifs is 1. The molecule has 134 valence electrons. The lowest BCUT2D eigenvalue weighted by atomic mass is 10.2. The highest BCUT2D eigenvalue weighted by Gasteiger charge is 2.14. The van der Waals surface area contributed by atoms with Gasteiger partial charge in [-0.25, -0.2) is 9.78 Å². The van der Waals surface area contributed by atoms with E-state index in [4.69, 9.17) is 32.4 Å². The van der Waals surface area contributed by atoms with Crippen LogP contribution >= 0.6 is 23.2 Å². The van der Waals surface area contributed by atoms with Crippen molar-refractivity contribution in [2.45, 2.75) is 6.61 Å². The minimum absolute atomic E-state index is 0.209. The Kier molecular flexibility index (Phi) is 4.84. The lowest BCUT2D eigenvalue weighted by Crippen LogP contribution is -2.04. The van der Waals surface area contributed by atoms with E-state index in [9.17, 15) is 4.79 Å². The van der Waals surface area contributed by atoms with Crippen molar-refractivity contribution in [3.63, 3.8) is 0 Å². The van der Waals surface area contributed by atoms with E-state index in [0.717, 1.165) is 5.56 Å². The van der Waals surface area contributed by atoms with Gasteiger partial charge in [0.1, 0.15) is 12.1 Å². The van der Waals surface area contributed by atoms with Gasteiger partial charge in [-0.1, -0.05) is 53.5 Å². The molecule has 0 amide bonds. The minimum atomic E-state index is -0.426. The van der Waals surface area contributed by atoms with E-state index in [1.54, 1.807) is 36.4 Å². The second-order valence-electron chi connectivity index (χ2n) is 5.92. The highest BCUT2D eigenvalue weighted by atomic mass is 35.5. The summed E-state index contributed by atoms with van der Waals surface area (Å²) in [5.41, 5.74) is 3.09. The van der Waals surface area contributed by atoms with Gasteiger partial charge in [-0.2, -0.15) is 0 Å². The fraction of sp³-hybridized carbons (Fsp3) is 0.0476. The van der Waals surface area contributed by atoms with Gasteiger partial charge in [0.25, 0.3) is 0 Å². The van der Waals surface area contributed by atoms with E-state index in [2.05, 4.69) is 4.98 Å². The van der Waals surface area contributed by atoms with Crippen LogP contribution in [0.2, 0.25) is 10.0 Å². The smallest absolute Gasteiger partial charge is 0.338 e. The van der Waals surface area contributed by atoms with Crippen molar-refractivity contribution in [1.29, 1.82) is 0 Å². The number of oxazole rings is 1. The minimum Gasteiger partial charge on any atom is -0.457 e. The first-order valence-electron chi connectivity index (χ1n) is 8.16. The Balaban J connectivity index is 1.58. The second-order valence-corrected chi connectivity index (χ2v) is 6.79. The van der Waals surface area contributed by atoms with Gasteiger partial charge in [0.15, 0.2) is 5.58 Å². The Labute approximate surface area is 165 Å². The number of carbonyl (C=O) groups excluding carboxylic acids is 1. The third kappa shape index (κ3) is 3.97. The number of ether oxygens (including phenoxy) is 1.